The van der Waals surface area contributed by atoms with E-state index in [4.69, 9.17) is 45.0 Å². The van der Waals surface area contributed by atoms with E-state index in [-0.39, 0.29) is 0 Å². The largest absolute Gasteiger partial charge is 0.480 e. The van der Waals surface area contributed by atoms with Gasteiger partial charge in [-0.1, -0.05) is 0 Å². The van der Waals surface area contributed by atoms with Crippen LogP contribution in [0.25, 0.3) is 0 Å². The molecule has 0 amide bonds. The fourth-order valence-electron chi connectivity index (χ4n) is 0. The number of carboxylic acids is 3. The van der Waals surface area contributed by atoms with Gasteiger partial charge in [0.15, 0.2) is 0 Å². The van der Waals surface area contributed by atoms with Crippen LogP contribution < -0.4 is 0 Å². The van der Waals surface area contributed by atoms with Gasteiger partial charge in [-0.3, -0.25) is 0 Å². The summed E-state index contributed by atoms with van der Waals surface area (Å²) in [5.41, 5.74) is 0. The lowest BCUT2D eigenvalue weighted by Crippen LogP contribution is -1.98. The molecule has 90 valence electrons. The lowest BCUT2D eigenvalue weighted by atomic mass is 10.8. The van der Waals surface area contributed by atoms with Crippen molar-refractivity contribution in [2.75, 3.05) is 19.8 Å². The van der Waals surface area contributed by atoms with Gasteiger partial charge < -0.3 is 30.6 Å². The highest BCUT2D eigenvalue weighted by Crippen LogP contribution is 1.49. The second-order valence-corrected chi connectivity index (χ2v) is 1.66. The first kappa shape index (κ1) is 19.0. The van der Waals surface area contributed by atoms with Crippen LogP contribution in [0.2, 0.25) is 0 Å². The minimum atomic E-state index is -1.19. The summed E-state index contributed by atoms with van der Waals surface area (Å²) >= 11 is 0. The minimum absolute atomic E-state index is 0.778. The Kier molecular flexibility index (Phi) is 18.7. The molecular weight excluding hydrogens is 216 g/mol. The molecule has 0 saturated heterocycles. The quantitative estimate of drug-likeness (QED) is 0.298. The SMILES string of the molecule is O=C(O)CO.O=C(O)CO.O=C(O)CO. The number of carboxylic acid groups (broad SMARTS) is 3. The minimum Gasteiger partial charge on any atom is -0.480 e. The standard InChI is InChI=1S/3C2H4O3/c3*3-1-2(4)5/h3*3H,1H2,(H,4,5). The third-order valence-corrected chi connectivity index (χ3v) is 0.406. The van der Waals surface area contributed by atoms with E-state index in [0.717, 1.165) is 0 Å². The number of aliphatic carboxylic acids is 3. The molecule has 0 heterocycles. The van der Waals surface area contributed by atoms with Crippen LogP contribution in [-0.2, 0) is 14.4 Å². The van der Waals surface area contributed by atoms with Crippen LogP contribution in [0.4, 0.5) is 0 Å². The van der Waals surface area contributed by atoms with Crippen molar-refractivity contribution in [3.05, 3.63) is 0 Å². The van der Waals surface area contributed by atoms with Gasteiger partial charge in [-0.15, -0.1) is 0 Å². The first-order valence-corrected chi connectivity index (χ1v) is 3.29. The van der Waals surface area contributed by atoms with E-state index < -0.39 is 37.7 Å². The fourth-order valence-corrected chi connectivity index (χ4v) is 0. The van der Waals surface area contributed by atoms with Crippen molar-refractivity contribution in [2.45, 2.75) is 0 Å². The molecule has 0 rings (SSSR count). The highest BCUT2D eigenvalue weighted by molar-refractivity contribution is 5.68. The van der Waals surface area contributed by atoms with Gasteiger partial charge in [-0.25, -0.2) is 14.4 Å². The molecular formula is C6H12O9. The zero-order valence-corrected chi connectivity index (χ0v) is 7.53. The lowest BCUT2D eigenvalue weighted by Gasteiger charge is -1.72. The summed E-state index contributed by atoms with van der Waals surface area (Å²) in [7, 11) is 0. The average molecular weight is 228 g/mol. The Morgan fingerprint density at radius 1 is 0.600 bits per heavy atom. The van der Waals surface area contributed by atoms with Gasteiger partial charge in [-0.2, -0.15) is 0 Å². The maximum atomic E-state index is 9.12. The normalized spacial score (nSPS) is 7.40. The summed E-state index contributed by atoms with van der Waals surface area (Å²) in [6, 6.07) is 0. The Bertz CT molecular complexity index is 154. The Morgan fingerprint density at radius 3 is 0.667 bits per heavy atom. The molecule has 0 aromatic heterocycles. The second kappa shape index (κ2) is 14.8. The molecule has 0 fully saturated rings. The van der Waals surface area contributed by atoms with Crippen LogP contribution in [0.15, 0.2) is 0 Å². The first-order valence-electron chi connectivity index (χ1n) is 3.29. The van der Waals surface area contributed by atoms with Crippen LogP contribution in [0.1, 0.15) is 0 Å². The average Bonchev–Trinajstić information content (AvgIpc) is 2.19. The van der Waals surface area contributed by atoms with Gasteiger partial charge >= 0.3 is 17.9 Å². The Hall–Kier alpha value is -1.71. The molecule has 0 radical (unpaired) electrons. The summed E-state index contributed by atoms with van der Waals surface area (Å²) in [6.07, 6.45) is 0. The Morgan fingerprint density at radius 2 is 0.667 bits per heavy atom. The summed E-state index contributed by atoms with van der Waals surface area (Å²) in [4.78, 5) is 27.4. The zero-order chi connectivity index (χ0) is 12.9. The molecule has 9 nitrogen and oxygen atoms in total. The number of hydrogen-bond donors (Lipinski definition) is 6. The molecule has 0 atom stereocenters. The van der Waals surface area contributed by atoms with E-state index in [1.807, 2.05) is 0 Å². The molecule has 0 aliphatic rings. The molecule has 0 aromatic carbocycles. The molecule has 0 spiro atoms. The van der Waals surface area contributed by atoms with Crippen molar-refractivity contribution < 1.29 is 45.0 Å². The molecule has 0 aromatic rings. The van der Waals surface area contributed by atoms with Crippen molar-refractivity contribution in [1.82, 2.24) is 0 Å². The van der Waals surface area contributed by atoms with Crippen LogP contribution in [-0.4, -0.2) is 68.4 Å². The summed E-state index contributed by atoms with van der Waals surface area (Å²) in [5.74, 6) is -3.57. The molecule has 0 saturated carbocycles. The third-order valence-electron chi connectivity index (χ3n) is 0.406. The molecule has 0 unspecified atom stereocenters. The maximum absolute atomic E-state index is 9.12. The van der Waals surface area contributed by atoms with Crippen molar-refractivity contribution >= 4 is 17.9 Å². The van der Waals surface area contributed by atoms with Gasteiger partial charge in [-0.05, 0) is 0 Å². The van der Waals surface area contributed by atoms with Gasteiger partial charge in [0.05, 0.1) is 0 Å². The number of carbonyl (C=O) groups is 3. The number of aliphatic hydroxyl groups is 3. The first-order chi connectivity index (χ1) is 6.81. The Labute approximate surface area is 83.8 Å². The summed E-state index contributed by atoms with van der Waals surface area (Å²) in [6.45, 7) is -2.33. The van der Waals surface area contributed by atoms with Crippen molar-refractivity contribution in [3.8, 4) is 0 Å². The molecule has 9 heteroatoms. The number of hydrogen-bond acceptors (Lipinski definition) is 6. The monoisotopic (exact) mass is 228 g/mol. The predicted octanol–water partition coefficient (Wildman–Crippen LogP) is -2.81. The second-order valence-electron chi connectivity index (χ2n) is 1.66. The van der Waals surface area contributed by atoms with E-state index in [1.165, 1.54) is 0 Å². The smallest absolute Gasteiger partial charge is 0.329 e. The van der Waals surface area contributed by atoms with Gasteiger partial charge in [0.1, 0.15) is 19.8 Å². The molecule has 6 N–H and O–H groups in total. The summed E-state index contributed by atoms with van der Waals surface area (Å²) in [5, 5.41) is 45.0. The van der Waals surface area contributed by atoms with Crippen LogP contribution in [0.3, 0.4) is 0 Å². The van der Waals surface area contributed by atoms with E-state index in [2.05, 4.69) is 0 Å². The zero-order valence-electron chi connectivity index (χ0n) is 7.53. The number of aliphatic hydroxyl groups excluding tert-OH is 3. The fraction of sp³-hybridized carbons (Fsp3) is 0.500. The van der Waals surface area contributed by atoms with Crippen molar-refractivity contribution in [2.24, 2.45) is 0 Å². The van der Waals surface area contributed by atoms with Gasteiger partial charge in [0.2, 0.25) is 0 Å². The Balaban J connectivity index is -0.000000144. The topological polar surface area (TPSA) is 173 Å². The summed E-state index contributed by atoms with van der Waals surface area (Å²) < 4.78 is 0. The van der Waals surface area contributed by atoms with Crippen molar-refractivity contribution in [1.29, 1.82) is 0 Å². The molecule has 15 heavy (non-hydrogen) atoms. The van der Waals surface area contributed by atoms with Crippen LogP contribution in [0, 0.1) is 0 Å². The van der Waals surface area contributed by atoms with E-state index in [1.54, 1.807) is 0 Å². The number of rotatable bonds is 3. The van der Waals surface area contributed by atoms with E-state index in [0.29, 0.717) is 0 Å². The van der Waals surface area contributed by atoms with Crippen molar-refractivity contribution in [3.63, 3.8) is 0 Å². The van der Waals surface area contributed by atoms with E-state index in [9.17, 15) is 0 Å². The molecule has 0 aliphatic heterocycles. The maximum Gasteiger partial charge on any atom is 0.329 e. The van der Waals surface area contributed by atoms with E-state index >= 15 is 0 Å². The molecule has 0 bridgehead atoms. The van der Waals surface area contributed by atoms with Gasteiger partial charge in [0, 0.05) is 0 Å². The molecule has 0 aliphatic carbocycles. The highest BCUT2D eigenvalue weighted by atomic mass is 16.4. The third kappa shape index (κ3) is 70.7. The lowest BCUT2D eigenvalue weighted by molar-refractivity contribution is -0.141. The van der Waals surface area contributed by atoms with Gasteiger partial charge in [0.25, 0.3) is 0 Å². The van der Waals surface area contributed by atoms with Crippen LogP contribution >= 0.6 is 0 Å². The predicted molar refractivity (Wildman–Crippen MR) is 44.2 cm³/mol. The van der Waals surface area contributed by atoms with Crippen LogP contribution in [0.5, 0.6) is 0 Å². The highest BCUT2D eigenvalue weighted by Gasteiger charge is 1.83.